The Balaban J connectivity index is 1.18. The molecule has 2 aromatic heterocycles. The molecular weight excluding hydrogens is 743 g/mol. The van der Waals surface area contributed by atoms with E-state index in [1.54, 1.807) is 0 Å². The van der Waals surface area contributed by atoms with E-state index >= 15 is 0 Å². The maximum Gasteiger partial charge on any atom is 0.164 e. The van der Waals surface area contributed by atoms with Crippen LogP contribution >= 0.6 is 0 Å². The summed E-state index contributed by atoms with van der Waals surface area (Å²) in [5.74, 6) is 1.84. The molecule has 0 aliphatic heterocycles. The normalized spacial score (nSPS) is 11.3. The molecule has 0 atom stereocenters. The van der Waals surface area contributed by atoms with Crippen LogP contribution in [0.15, 0.2) is 224 Å². The first-order valence-electron chi connectivity index (χ1n) is 20.5. The smallest absolute Gasteiger partial charge is 0.164 e. The SMILES string of the molecule is c1ccc(-c2cccc(-c3nc(-c4ccccc4)nc(-c4cccc(-c5c(-c6ccccc6)c6c(-c7ccccc7)nn(-c7ccccc7)c6c6ccccc56)c4)n3)c2)cc1. The van der Waals surface area contributed by atoms with Gasteiger partial charge in [-0.15, -0.1) is 0 Å². The first kappa shape index (κ1) is 35.8. The molecule has 0 aliphatic carbocycles. The van der Waals surface area contributed by atoms with Crippen LogP contribution in [-0.4, -0.2) is 24.7 Å². The fourth-order valence-electron chi connectivity index (χ4n) is 8.45. The molecule has 5 nitrogen and oxygen atoms in total. The lowest BCUT2D eigenvalue weighted by Gasteiger charge is -2.18. The average molecular weight is 780 g/mol. The second kappa shape index (κ2) is 15.5. The lowest BCUT2D eigenvalue weighted by atomic mass is 9.85. The first-order valence-corrected chi connectivity index (χ1v) is 20.5. The monoisotopic (exact) mass is 779 g/mol. The van der Waals surface area contributed by atoms with Crippen LogP contribution in [0, 0.1) is 0 Å². The van der Waals surface area contributed by atoms with Crippen LogP contribution in [0.2, 0.25) is 0 Å². The van der Waals surface area contributed by atoms with E-state index in [0.717, 1.165) is 88.7 Å². The van der Waals surface area contributed by atoms with Gasteiger partial charge in [0.25, 0.3) is 0 Å². The average Bonchev–Trinajstić information content (AvgIpc) is 3.76. The van der Waals surface area contributed by atoms with Crippen molar-refractivity contribution in [3.63, 3.8) is 0 Å². The number of benzene rings is 9. The number of nitrogens with zero attached hydrogens (tertiary/aromatic N) is 5. The highest BCUT2D eigenvalue weighted by molar-refractivity contribution is 6.24. The van der Waals surface area contributed by atoms with E-state index in [4.69, 9.17) is 20.1 Å². The van der Waals surface area contributed by atoms with Crippen LogP contribution in [0.3, 0.4) is 0 Å². The molecule has 0 saturated heterocycles. The molecule has 0 fully saturated rings. The Morgan fingerprint density at radius 3 is 1.33 bits per heavy atom. The van der Waals surface area contributed by atoms with E-state index in [1.807, 2.05) is 42.5 Å². The molecule has 0 amide bonds. The Morgan fingerprint density at radius 1 is 0.295 bits per heavy atom. The molecule has 0 N–H and O–H groups in total. The Hall–Kier alpha value is -8.28. The summed E-state index contributed by atoms with van der Waals surface area (Å²) in [5.41, 5.74) is 13.4. The van der Waals surface area contributed by atoms with Crippen molar-refractivity contribution in [1.82, 2.24) is 24.7 Å². The summed E-state index contributed by atoms with van der Waals surface area (Å²) in [6.07, 6.45) is 0. The molecule has 0 bridgehead atoms. The van der Waals surface area contributed by atoms with Crippen LogP contribution < -0.4 is 0 Å². The van der Waals surface area contributed by atoms with Crippen LogP contribution in [0.25, 0.3) is 106 Å². The Kier molecular flexibility index (Phi) is 9.10. The highest BCUT2D eigenvalue weighted by Gasteiger charge is 2.26. The van der Waals surface area contributed by atoms with Crippen molar-refractivity contribution in [1.29, 1.82) is 0 Å². The van der Waals surface area contributed by atoms with Crippen molar-refractivity contribution in [3.8, 4) is 84.5 Å². The third-order valence-corrected chi connectivity index (χ3v) is 11.3. The zero-order chi connectivity index (χ0) is 40.5. The zero-order valence-corrected chi connectivity index (χ0v) is 33.1. The highest BCUT2D eigenvalue weighted by Crippen LogP contribution is 2.48. The van der Waals surface area contributed by atoms with Gasteiger partial charge in [-0.2, -0.15) is 5.10 Å². The van der Waals surface area contributed by atoms with Gasteiger partial charge in [0.05, 0.1) is 11.2 Å². The number of hydrogen-bond acceptors (Lipinski definition) is 4. The first-order chi connectivity index (χ1) is 30.3. The van der Waals surface area contributed by atoms with Gasteiger partial charge < -0.3 is 0 Å². The number of hydrogen-bond donors (Lipinski definition) is 0. The molecule has 0 spiro atoms. The largest absolute Gasteiger partial charge is 0.232 e. The summed E-state index contributed by atoms with van der Waals surface area (Å²) < 4.78 is 2.12. The number of rotatable bonds is 8. The van der Waals surface area contributed by atoms with Gasteiger partial charge in [0.15, 0.2) is 17.5 Å². The van der Waals surface area contributed by atoms with E-state index in [2.05, 4.69) is 187 Å². The molecule has 61 heavy (non-hydrogen) atoms. The van der Waals surface area contributed by atoms with Gasteiger partial charge in [-0.05, 0) is 57.5 Å². The Morgan fingerprint density at radius 2 is 0.721 bits per heavy atom. The minimum atomic E-state index is 0.601. The minimum Gasteiger partial charge on any atom is -0.232 e. The van der Waals surface area contributed by atoms with E-state index in [1.165, 1.54) is 0 Å². The lowest BCUT2D eigenvalue weighted by Crippen LogP contribution is -2.00. The number of fused-ring (bicyclic) bond motifs is 3. The fraction of sp³-hybridized carbons (Fsp3) is 0. The molecule has 9 aromatic carbocycles. The summed E-state index contributed by atoms with van der Waals surface area (Å²) in [5, 5.41) is 8.79. The fourth-order valence-corrected chi connectivity index (χ4v) is 8.45. The van der Waals surface area contributed by atoms with Gasteiger partial charge in [-0.25, -0.2) is 19.6 Å². The van der Waals surface area contributed by atoms with Crippen LogP contribution in [0.5, 0.6) is 0 Å². The summed E-state index contributed by atoms with van der Waals surface area (Å²) >= 11 is 0. The minimum absolute atomic E-state index is 0.601. The topological polar surface area (TPSA) is 56.5 Å². The highest BCUT2D eigenvalue weighted by atomic mass is 15.3. The van der Waals surface area contributed by atoms with Crippen molar-refractivity contribution in [2.45, 2.75) is 0 Å². The van der Waals surface area contributed by atoms with E-state index in [0.29, 0.717) is 17.5 Å². The second-order valence-corrected chi connectivity index (χ2v) is 15.0. The molecule has 2 heterocycles. The molecule has 11 aromatic rings. The summed E-state index contributed by atoms with van der Waals surface area (Å²) in [6.45, 7) is 0. The third-order valence-electron chi connectivity index (χ3n) is 11.3. The third kappa shape index (κ3) is 6.64. The van der Waals surface area contributed by atoms with Gasteiger partial charge in [0, 0.05) is 38.6 Å². The molecule has 0 aliphatic rings. The quantitative estimate of drug-likeness (QED) is 0.154. The van der Waals surface area contributed by atoms with Gasteiger partial charge in [0.2, 0.25) is 0 Å². The van der Waals surface area contributed by atoms with Crippen LogP contribution in [-0.2, 0) is 0 Å². The number of aromatic nitrogens is 5. The van der Waals surface area contributed by atoms with Gasteiger partial charge >= 0.3 is 0 Å². The van der Waals surface area contributed by atoms with Crippen LogP contribution in [0.1, 0.15) is 0 Å². The van der Waals surface area contributed by atoms with Crippen molar-refractivity contribution >= 4 is 21.7 Å². The van der Waals surface area contributed by atoms with Crippen LogP contribution in [0.4, 0.5) is 0 Å². The maximum atomic E-state index is 5.46. The predicted molar refractivity (Wildman–Crippen MR) is 250 cm³/mol. The molecule has 11 rings (SSSR count). The second-order valence-electron chi connectivity index (χ2n) is 15.0. The molecule has 286 valence electrons. The Labute approximate surface area is 354 Å². The summed E-state index contributed by atoms with van der Waals surface area (Å²) in [6, 6.07) is 78.0. The molecule has 0 unspecified atom stereocenters. The Bertz CT molecular complexity index is 3330. The van der Waals surface area contributed by atoms with Gasteiger partial charge in [-0.1, -0.05) is 200 Å². The standard InChI is InChI=1S/C56H37N5/c1-6-20-38(21-7-1)42-28-18-30-44(36-42)55-57-54(41-26-12-4-13-27-41)58-56(59-55)45-31-19-29-43(37-45)49-47-34-16-17-35-48(47)53-51(50(49)39-22-8-2-9-23-39)52(40-24-10-3-11-25-40)60-61(53)46-32-14-5-15-33-46/h1-37H. The van der Waals surface area contributed by atoms with E-state index in [-0.39, 0.29) is 0 Å². The predicted octanol–water partition coefficient (Wildman–Crippen LogP) is 14.0. The lowest BCUT2D eigenvalue weighted by molar-refractivity contribution is 0.918. The van der Waals surface area contributed by atoms with E-state index in [9.17, 15) is 0 Å². The van der Waals surface area contributed by atoms with Crippen molar-refractivity contribution in [3.05, 3.63) is 224 Å². The van der Waals surface area contributed by atoms with Gasteiger partial charge in [-0.3, -0.25) is 0 Å². The zero-order valence-electron chi connectivity index (χ0n) is 33.1. The summed E-state index contributed by atoms with van der Waals surface area (Å²) in [4.78, 5) is 15.5. The molecule has 0 radical (unpaired) electrons. The molecule has 5 heteroatoms. The van der Waals surface area contributed by atoms with Crippen molar-refractivity contribution in [2.24, 2.45) is 0 Å². The molecular formula is C56H37N5. The van der Waals surface area contributed by atoms with Crippen molar-refractivity contribution in [2.75, 3.05) is 0 Å². The summed E-state index contributed by atoms with van der Waals surface area (Å²) in [7, 11) is 0. The van der Waals surface area contributed by atoms with Crippen molar-refractivity contribution < 1.29 is 0 Å². The maximum absolute atomic E-state index is 5.46. The van der Waals surface area contributed by atoms with Gasteiger partial charge in [0.1, 0.15) is 5.69 Å². The molecule has 0 saturated carbocycles. The van der Waals surface area contributed by atoms with E-state index < -0.39 is 0 Å². The number of para-hydroxylation sites is 1.